The standard InChI is InChI=1S/C12H11Cl2N3OS/c13-10-5-8(12(14)19-10)9(18)6-16-3-4-17-2-1-15-11(17)7-16/h1-2,5H,3-4,6-7H2. The number of hydrogen-bond acceptors (Lipinski definition) is 4. The molecule has 0 aromatic carbocycles. The van der Waals surface area contributed by atoms with E-state index in [1.165, 1.54) is 11.3 Å². The lowest BCUT2D eigenvalue weighted by molar-refractivity contribution is 0.0908. The van der Waals surface area contributed by atoms with Gasteiger partial charge < -0.3 is 4.57 Å². The van der Waals surface area contributed by atoms with Gasteiger partial charge in [-0.1, -0.05) is 23.2 Å². The van der Waals surface area contributed by atoms with Crippen LogP contribution in [0.3, 0.4) is 0 Å². The van der Waals surface area contributed by atoms with Gasteiger partial charge in [0, 0.05) is 25.5 Å². The Kier molecular flexibility index (Phi) is 3.62. The number of halogens is 2. The third kappa shape index (κ3) is 2.69. The molecule has 0 saturated heterocycles. The first-order chi connectivity index (χ1) is 9.13. The molecule has 0 fully saturated rings. The molecule has 3 rings (SSSR count). The normalized spacial score (nSPS) is 15.5. The van der Waals surface area contributed by atoms with E-state index in [1.807, 2.05) is 6.20 Å². The molecule has 4 nitrogen and oxygen atoms in total. The van der Waals surface area contributed by atoms with Crippen molar-refractivity contribution in [3.8, 4) is 0 Å². The van der Waals surface area contributed by atoms with Crippen LogP contribution in [0.4, 0.5) is 0 Å². The van der Waals surface area contributed by atoms with Gasteiger partial charge in [0.15, 0.2) is 5.78 Å². The molecule has 2 aromatic rings. The van der Waals surface area contributed by atoms with Gasteiger partial charge in [0.05, 0.1) is 23.0 Å². The molecule has 1 aliphatic heterocycles. The van der Waals surface area contributed by atoms with Crippen LogP contribution in [0.1, 0.15) is 16.2 Å². The second-order valence-electron chi connectivity index (χ2n) is 4.41. The van der Waals surface area contributed by atoms with Crippen molar-refractivity contribution in [1.29, 1.82) is 0 Å². The minimum absolute atomic E-state index is 0.00755. The molecule has 1 aliphatic rings. The lowest BCUT2D eigenvalue weighted by Crippen LogP contribution is -2.37. The predicted molar refractivity (Wildman–Crippen MR) is 76.2 cm³/mol. The fraction of sp³-hybridized carbons (Fsp3) is 0.333. The summed E-state index contributed by atoms with van der Waals surface area (Å²) in [6.07, 6.45) is 3.75. The van der Waals surface area contributed by atoms with Crippen molar-refractivity contribution in [3.05, 3.63) is 38.5 Å². The Morgan fingerprint density at radius 1 is 1.42 bits per heavy atom. The summed E-state index contributed by atoms with van der Waals surface area (Å²) in [6, 6.07) is 1.64. The van der Waals surface area contributed by atoms with Crippen molar-refractivity contribution < 1.29 is 4.79 Å². The Balaban J connectivity index is 1.70. The molecule has 0 amide bonds. The molecule has 0 aliphatic carbocycles. The van der Waals surface area contributed by atoms with E-state index in [1.54, 1.807) is 12.3 Å². The second kappa shape index (κ2) is 5.25. The van der Waals surface area contributed by atoms with Crippen molar-refractivity contribution in [2.75, 3.05) is 13.1 Å². The van der Waals surface area contributed by atoms with Gasteiger partial charge >= 0.3 is 0 Å². The maximum Gasteiger partial charge on any atom is 0.179 e. The zero-order valence-corrected chi connectivity index (χ0v) is 12.3. The van der Waals surface area contributed by atoms with Crippen molar-refractivity contribution in [3.63, 3.8) is 0 Å². The molecule has 19 heavy (non-hydrogen) atoms. The van der Waals surface area contributed by atoms with Gasteiger partial charge in [-0.25, -0.2) is 4.98 Å². The van der Waals surface area contributed by atoms with Crippen LogP contribution in [0.5, 0.6) is 0 Å². The highest BCUT2D eigenvalue weighted by Crippen LogP contribution is 2.31. The van der Waals surface area contributed by atoms with E-state index in [0.29, 0.717) is 27.3 Å². The van der Waals surface area contributed by atoms with Gasteiger partial charge in [0.25, 0.3) is 0 Å². The molecule has 0 unspecified atom stereocenters. The van der Waals surface area contributed by atoms with Gasteiger partial charge in [-0.2, -0.15) is 0 Å². The molecular weight excluding hydrogens is 305 g/mol. The Morgan fingerprint density at radius 2 is 2.26 bits per heavy atom. The topological polar surface area (TPSA) is 38.1 Å². The number of hydrogen-bond donors (Lipinski definition) is 0. The second-order valence-corrected chi connectivity index (χ2v) is 6.69. The highest BCUT2D eigenvalue weighted by molar-refractivity contribution is 7.20. The Morgan fingerprint density at radius 3 is 3.00 bits per heavy atom. The van der Waals surface area contributed by atoms with Crippen LogP contribution in [0.15, 0.2) is 18.5 Å². The number of thiophene rings is 1. The van der Waals surface area contributed by atoms with Crippen LogP contribution < -0.4 is 0 Å². The largest absolute Gasteiger partial charge is 0.333 e. The number of Topliss-reactive ketones (excluding diaryl/α,β-unsaturated/α-hetero) is 1. The molecule has 0 radical (unpaired) electrons. The lowest BCUT2D eigenvalue weighted by Gasteiger charge is -2.26. The van der Waals surface area contributed by atoms with Crippen molar-refractivity contribution in [2.45, 2.75) is 13.1 Å². The van der Waals surface area contributed by atoms with Gasteiger partial charge in [0.2, 0.25) is 0 Å². The molecule has 0 atom stereocenters. The van der Waals surface area contributed by atoms with E-state index in [0.717, 1.165) is 18.9 Å². The number of nitrogens with zero attached hydrogens (tertiary/aromatic N) is 3. The van der Waals surface area contributed by atoms with Crippen LogP contribution in [0.25, 0.3) is 0 Å². The van der Waals surface area contributed by atoms with Crippen LogP contribution in [-0.4, -0.2) is 33.3 Å². The maximum atomic E-state index is 12.2. The average molecular weight is 316 g/mol. The fourth-order valence-corrected chi connectivity index (χ4v) is 3.68. The summed E-state index contributed by atoms with van der Waals surface area (Å²) < 4.78 is 3.12. The summed E-state index contributed by atoms with van der Waals surface area (Å²) in [5, 5.41) is 0. The Labute approximate surface area is 124 Å². The minimum atomic E-state index is 0.00755. The first kappa shape index (κ1) is 13.1. The smallest absolute Gasteiger partial charge is 0.179 e. The van der Waals surface area contributed by atoms with Crippen molar-refractivity contribution in [2.24, 2.45) is 0 Å². The molecule has 0 spiro atoms. The summed E-state index contributed by atoms with van der Waals surface area (Å²) in [5.74, 6) is 1.00. The molecule has 0 N–H and O–H groups in total. The van der Waals surface area contributed by atoms with Gasteiger partial charge in [0.1, 0.15) is 10.2 Å². The predicted octanol–water partition coefficient (Wildman–Crippen LogP) is 2.95. The SMILES string of the molecule is O=C(CN1CCn2ccnc2C1)c1cc(Cl)sc1Cl. The van der Waals surface area contributed by atoms with E-state index in [4.69, 9.17) is 23.2 Å². The minimum Gasteiger partial charge on any atom is -0.333 e. The molecular formula is C12H11Cl2N3OS. The van der Waals surface area contributed by atoms with Gasteiger partial charge in [-0.3, -0.25) is 9.69 Å². The van der Waals surface area contributed by atoms with Crippen molar-refractivity contribution in [1.82, 2.24) is 14.5 Å². The maximum absolute atomic E-state index is 12.2. The molecule has 0 saturated carbocycles. The van der Waals surface area contributed by atoms with E-state index in [-0.39, 0.29) is 5.78 Å². The number of fused-ring (bicyclic) bond motifs is 1. The monoisotopic (exact) mass is 315 g/mol. The first-order valence-electron chi connectivity index (χ1n) is 5.84. The highest BCUT2D eigenvalue weighted by Gasteiger charge is 2.21. The van der Waals surface area contributed by atoms with Crippen LogP contribution in [0.2, 0.25) is 8.67 Å². The highest BCUT2D eigenvalue weighted by atomic mass is 35.5. The first-order valence-corrected chi connectivity index (χ1v) is 7.41. The van der Waals surface area contributed by atoms with E-state index in [9.17, 15) is 4.79 Å². The molecule has 0 bridgehead atoms. The number of imidazole rings is 1. The zero-order chi connectivity index (χ0) is 13.4. The third-order valence-electron chi connectivity index (χ3n) is 3.15. The Hall–Kier alpha value is -0.880. The van der Waals surface area contributed by atoms with Crippen LogP contribution in [-0.2, 0) is 13.1 Å². The summed E-state index contributed by atoms with van der Waals surface area (Å²) in [5.41, 5.74) is 0.519. The summed E-state index contributed by atoms with van der Waals surface area (Å²) in [6.45, 7) is 2.74. The van der Waals surface area contributed by atoms with Crippen molar-refractivity contribution >= 4 is 40.3 Å². The Bertz CT molecular complexity index is 622. The number of carbonyl (C=O) groups is 1. The third-order valence-corrected chi connectivity index (χ3v) is 4.64. The number of carbonyl (C=O) groups excluding carboxylic acids is 1. The van der Waals surface area contributed by atoms with E-state index in [2.05, 4.69) is 14.5 Å². The van der Waals surface area contributed by atoms with E-state index < -0.39 is 0 Å². The molecule has 7 heteroatoms. The van der Waals surface area contributed by atoms with Gasteiger partial charge in [-0.15, -0.1) is 11.3 Å². The molecule has 100 valence electrons. The average Bonchev–Trinajstić information content (AvgIpc) is 2.94. The fourth-order valence-electron chi connectivity index (χ4n) is 2.18. The summed E-state index contributed by atoms with van der Waals surface area (Å²) >= 11 is 13.1. The lowest BCUT2D eigenvalue weighted by atomic mass is 10.2. The van der Waals surface area contributed by atoms with Crippen LogP contribution in [0, 0.1) is 0 Å². The van der Waals surface area contributed by atoms with E-state index >= 15 is 0 Å². The van der Waals surface area contributed by atoms with Gasteiger partial charge in [-0.05, 0) is 6.07 Å². The quantitative estimate of drug-likeness (QED) is 0.817. The zero-order valence-electron chi connectivity index (χ0n) is 9.97. The summed E-state index contributed by atoms with van der Waals surface area (Å²) in [4.78, 5) is 18.5. The number of ketones is 1. The molecule has 2 aromatic heterocycles. The summed E-state index contributed by atoms with van der Waals surface area (Å²) in [7, 11) is 0. The molecule has 3 heterocycles. The van der Waals surface area contributed by atoms with Crippen LogP contribution >= 0.6 is 34.5 Å². The number of rotatable bonds is 3. The number of aromatic nitrogens is 2.